The zero-order valence-corrected chi connectivity index (χ0v) is 11.9. The van der Waals surface area contributed by atoms with Crippen LogP contribution in [0, 0.1) is 23.7 Å². The van der Waals surface area contributed by atoms with Gasteiger partial charge in [0, 0.05) is 11.5 Å². The molecule has 5 heteroatoms. The molecule has 3 N–H and O–H groups in total. The first-order valence-electron chi connectivity index (χ1n) is 6.64. The SMILES string of the molecule is Cc1c([C@@H]2CC2(C)C)nc(N)c(C#N)c1-c1cnc[nH]1. The molecular formula is C15H17N5. The molecule has 0 aliphatic heterocycles. The lowest BCUT2D eigenvalue weighted by Gasteiger charge is -2.14. The highest BCUT2D eigenvalue weighted by Crippen LogP contribution is 2.59. The molecule has 2 aromatic rings. The van der Waals surface area contributed by atoms with Gasteiger partial charge in [-0.1, -0.05) is 13.8 Å². The lowest BCUT2D eigenvalue weighted by molar-refractivity contribution is 0.615. The fraction of sp³-hybridized carbons (Fsp3) is 0.400. The molecule has 0 aromatic carbocycles. The summed E-state index contributed by atoms with van der Waals surface area (Å²) in [6, 6.07) is 2.16. The van der Waals surface area contributed by atoms with Gasteiger partial charge in [-0.2, -0.15) is 5.26 Å². The van der Waals surface area contributed by atoms with Crippen LogP contribution in [0.25, 0.3) is 11.3 Å². The summed E-state index contributed by atoms with van der Waals surface area (Å²) in [5.41, 5.74) is 10.4. The largest absolute Gasteiger partial charge is 0.383 e. The average molecular weight is 267 g/mol. The predicted molar refractivity (Wildman–Crippen MR) is 76.8 cm³/mol. The molecule has 0 radical (unpaired) electrons. The first kappa shape index (κ1) is 12.7. The van der Waals surface area contributed by atoms with Crippen molar-refractivity contribution >= 4 is 5.82 Å². The number of nitrogen functional groups attached to an aromatic ring is 1. The molecule has 0 bridgehead atoms. The first-order valence-corrected chi connectivity index (χ1v) is 6.64. The van der Waals surface area contributed by atoms with Crippen LogP contribution in [0.4, 0.5) is 5.82 Å². The van der Waals surface area contributed by atoms with Crippen molar-refractivity contribution in [3.8, 4) is 17.3 Å². The number of H-pyrrole nitrogens is 1. The van der Waals surface area contributed by atoms with Crippen LogP contribution in [-0.2, 0) is 0 Å². The average Bonchev–Trinajstić information content (AvgIpc) is 2.80. The molecule has 1 fully saturated rings. The molecule has 1 atom stereocenters. The van der Waals surface area contributed by atoms with Gasteiger partial charge in [-0.25, -0.2) is 9.97 Å². The Morgan fingerprint density at radius 1 is 1.50 bits per heavy atom. The minimum absolute atomic E-state index is 0.267. The maximum absolute atomic E-state index is 9.37. The maximum Gasteiger partial charge on any atom is 0.142 e. The van der Waals surface area contributed by atoms with E-state index >= 15 is 0 Å². The Morgan fingerprint density at radius 3 is 2.70 bits per heavy atom. The molecule has 1 aliphatic rings. The van der Waals surface area contributed by atoms with E-state index in [1.54, 1.807) is 12.5 Å². The van der Waals surface area contributed by atoms with E-state index in [1.165, 1.54) is 0 Å². The minimum atomic E-state index is 0.267. The summed E-state index contributed by atoms with van der Waals surface area (Å²) in [4.78, 5) is 11.6. The fourth-order valence-electron chi connectivity index (χ4n) is 2.83. The summed E-state index contributed by atoms with van der Waals surface area (Å²) < 4.78 is 0. The normalized spacial score (nSPS) is 19.6. The summed E-state index contributed by atoms with van der Waals surface area (Å²) in [5, 5.41) is 9.37. The van der Waals surface area contributed by atoms with Crippen molar-refractivity contribution in [3.05, 3.63) is 29.3 Å². The van der Waals surface area contributed by atoms with Crippen LogP contribution in [0.15, 0.2) is 12.5 Å². The second-order valence-corrected chi connectivity index (χ2v) is 6.08. The summed E-state index contributed by atoms with van der Waals surface area (Å²) in [5.74, 6) is 0.722. The Kier molecular flexibility index (Phi) is 2.58. The fourth-order valence-corrected chi connectivity index (χ4v) is 2.83. The van der Waals surface area contributed by atoms with E-state index in [-0.39, 0.29) is 5.41 Å². The molecule has 0 spiro atoms. The zero-order chi connectivity index (χ0) is 14.5. The molecule has 5 nitrogen and oxygen atoms in total. The second kappa shape index (κ2) is 4.07. The molecule has 1 saturated carbocycles. The van der Waals surface area contributed by atoms with Gasteiger partial charge in [-0.3, -0.25) is 0 Å². The number of imidazole rings is 1. The van der Waals surface area contributed by atoms with Crippen molar-refractivity contribution in [3.63, 3.8) is 0 Å². The number of nitrogens with two attached hydrogens (primary N) is 1. The number of anilines is 1. The molecule has 102 valence electrons. The number of pyridine rings is 1. The van der Waals surface area contributed by atoms with E-state index in [0.29, 0.717) is 17.3 Å². The number of nitrogens with zero attached hydrogens (tertiary/aromatic N) is 3. The number of hydrogen-bond donors (Lipinski definition) is 2. The van der Waals surface area contributed by atoms with Crippen LogP contribution in [0.5, 0.6) is 0 Å². The van der Waals surface area contributed by atoms with Gasteiger partial charge in [0.2, 0.25) is 0 Å². The van der Waals surface area contributed by atoms with E-state index in [0.717, 1.165) is 28.9 Å². The van der Waals surface area contributed by atoms with Crippen LogP contribution in [0.1, 0.15) is 43.0 Å². The highest BCUT2D eigenvalue weighted by molar-refractivity contribution is 5.76. The number of rotatable bonds is 2. The van der Waals surface area contributed by atoms with Crippen molar-refractivity contribution < 1.29 is 0 Å². The van der Waals surface area contributed by atoms with Crippen molar-refractivity contribution in [1.29, 1.82) is 5.26 Å². The van der Waals surface area contributed by atoms with Gasteiger partial charge in [0.15, 0.2) is 0 Å². The second-order valence-electron chi connectivity index (χ2n) is 6.08. The molecule has 0 amide bonds. The summed E-state index contributed by atoms with van der Waals surface area (Å²) in [6.07, 6.45) is 4.42. The number of aromatic nitrogens is 3. The molecule has 0 saturated heterocycles. The molecule has 1 aliphatic carbocycles. The van der Waals surface area contributed by atoms with Gasteiger partial charge in [0.1, 0.15) is 17.5 Å². The van der Waals surface area contributed by atoms with Gasteiger partial charge >= 0.3 is 0 Å². The number of aromatic amines is 1. The Labute approximate surface area is 117 Å². The third kappa shape index (κ3) is 1.76. The van der Waals surface area contributed by atoms with Gasteiger partial charge in [-0.05, 0) is 24.3 Å². The standard InChI is InChI=1S/C15H17N5/c1-8-12(11-6-18-7-19-11)9(5-16)14(17)20-13(8)10-4-15(10,2)3/h6-7,10H,4H2,1-3H3,(H2,17,20)(H,18,19)/t10-/m0/s1. The van der Waals surface area contributed by atoms with E-state index in [4.69, 9.17) is 5.73 Å². The molecule has 20 heavy (non-hydrogen) atoms. The summed E-state index contributed by atoms with van der Waals surface area (Å²) in [6.45, 7) is 6.46. The van der Waals surface area contributed by atoms with Crippen LogP contribution >= 0.6 is 0 Å². The van der Waals surface area contributed by atoms with Crippen molar-refractivity contribution in [2.45, 2.75) is 33.1 Å². The Bertz CT molecular complexity index is 707. The van der Waals surface area contributed by atoms with Crippen molar-refractivity contribution in [2.75, 3.05) is 5.73 Å². The van der Waals surface area contributed by atoms with Crippen molar-refractivity contribution in [2.24, 2.45) is 5.41 Å². The smallest absolute Gasteiger partial charge is 0.142 e. The Morgan fingerprint density at radius 2 is 2.20 bits per heavy atom. The molecule has 0 unspecified atom stereocenters. The lowest BCUT2D eigenvalue weighted by Crippen LogP contribution is -2.06. The molecule has 2 heterocycles. The maximum atomic E-state index is 9.37. The third-order valence-corrected chi connectivity index (χ3v) is 4.23. The number of nitriles is 1. The Balaban J connectivity index is 2.24. The van der Waals surface area contributed by atoms with Crippen LogP contribution in [0.3, 0.4) is 0 Å². The van der Waals surface area contributed by atoms with E-state index in [9.17, 15) is 5.26 Å². The molecular weight excluding hydrogens is 250 g/mol. The zero-order valence-electron chi connectivity index (χ0n) is 11.9. The first-order chi connectivity index (χ1) is 9.45. The van der Waals surface area contributed by atoms with E-state index in [2.05, 4.69) is 34.9 Å². The quantitative estimate of drug-likeness (QED) is 0.875. The van der Waals surface area contributed by atoms with Crippen molar-refractivity contribution in [1.82, 2.24) is 15.0 Å². The summed E-state index contributed by atoms with van der Waals surface area (Å²) >= 11 is 0. The highest BCUT2D eigenvalue weighted by Gasteiger charge is 2.48. The van der Waals surface area contributed by atoms with Crippen LogP contribution in [0.2, 0.25) is 0 Å². The predicted octanol–water partition coefficient (Wildman–Crippen LogP) is 2.75. The van der Waals surface area contributed by atoms with E-state index in [1.807, 2.05) is 6.92 Å². The number of hydrogen-bond acceptors (Lipinski definition) is 4. The molecule has 2 aromatic heterocycles. The topological polar surface area (TPSA) is 91.4 Å². The monoisotopic (exact) mass is 267 g/mol. The third-order valence-electron chi connectivity index (χ3n) is 4.23. The van der Waals surface area contributed by atoms with Gasteiger partial charge in [-0.15, -0.1) is 0 Å². The van der Waals surface area contributed by atoms with Gasteiger partial charge in [0.05, 0.1) is 23.9 Å². The summed E-state index contributed by atoms with van der Waals surface area (Å²) in [7, 11) is 0. The highest BCUT2D eigenvalue weighted by atomic mass is 14.9. The minimum Gasteiger partial charge on any atom is -0.383 e. The Hall–Kier alpha value is -2.35. The van der Waals surface area contributed by atoms with Gasteiger partial charge < -0.3 is 10.7 Å². The molecule has 3 rings (SSSR count). The van der Waals surface area contributed by atoms with E-state index < -0.39 is 0 Å². The van der Waals surface area contributed by atoms with Crippen LogP contribution in [-0.4, -0.2) is 15.0 Å². The number of nitrogens with one attached hydrogen (secondary N) is 1. The van der Waals surface area contributed by atoms with Crippen LogP contribution < -0.4 is 5.73 Å². The lowest BCUT2D eigenvalue weighted by atomic mass is 9.95. The van der Waals surface area contributed by atoms with Gasteiger partial charge in [0.25, 0.3) is 0 Å².